The predicted octanol–water partition coefficient (Wildman–Crippen LogP) is 20.3. The molecule has 0 aliphatic rings. The molecule has 408 valence electrons. The van der Waals surface area contributed by atoms with E-state index in [1.54, 1.807) is 0 Å². The van der Waals surface area contributed by atoms with E-state index in [1.165, 1.54) is 161 Å². The Morgan fingerprint density at radius 3 is 0.901 bits per heavy atom. The first kappa shape index (κ1) is 67.6. The van der Waals surface area contributed by atoms with Crippen molar-refractivity contribution in [3.63, 3.8) is 0 Å². The summed E-state index contributed by atoms with van der Waals surface area (Å²) in [5, 5.41) is 0. The SMILES string of the molecule is CC/C=C\C/C=C\C/C=C\C/C=C\C/C=C\CCCC(=O)OC(COC(=O)CCCCCCCCCCC)COC(=O)CCCCCCCCCCCCCCCCC/C=C\C/C=C\CCCCCCC. The summed E-state index contributed by atoms with van der Waals surface area (Å²) in [7, 11) is 0. The van der Waals surface area contributed by atoms with Crippen LogP contribution >= 0.6 is 0 Å². The van der Waals surface area contributed by atoms with Gasteiger partial charge in [-0.1, -0.05) is 266 Å². The highest BCUT2D eigenvalue weighted by Gasteiger charge is 2.19. The minimum absolute atomic E-state index is 0.0969. The van der Waals surface area contributed by atoms with Crippen molar-refractivity contribution >= 4 is 17.9 Å². The number of esters is 3. The largest absolute Gasteiger partial charge is 0.462 e. The molecule has 0 fully saturated rings. The lowest BCUT2D eigenvalue weighted by atomic mass is 10.0. The van der Waals surface area contributed by atoms with Gasteiger partial charge < -0.3 is 14.2 Å². The molecule has 0 amide bonds. The maximum atomic E-state index is 12.8. The van der Waals surface area contributed by atoms with Gasteiger partial charge in [-0.3, -0.25) is 14.4 Å². The third kappa shape index (κ3) is 57.4. The number of carbonyl (C=O) groups is 3. The first-order valence-electron chi connectivity index (χ1n) is 30.1. The molecule has 0 bridgehead atoms. The molecular weight excluding hydrogens is 877 g/mol. The van der Waals surface area contributed by atoms with E-state index >= 15 is 0 Å². The summed E-state index contributed by atoms with van der Waals surface area (Å²) in [5.74, 6) is -0.952. The van der Waals surface area contributed by atoms with Gasteiger partial charge in [0.2, 0.25) is 0 Å². The molecule has 71 heavy (non-hydrogen) atoms. The van der Waals surface area contributed by atoms with E-state index in [2.05, 4.69) is 106 Å². The summed E-state index contributed by atoms with van der Waals surface area (Å²) in [6, 6.07) is 0. The van der Waals surface area contributed by atoms with E-state index in [9.17, 15) is 14.4 Å². The lowest BCUT2D eigenvalue weighted by molar-refractivity contribution is -0.167. The fourth-order valence-electron chi connectivity index (χ4n) is 8.39. The zero-order valence-electron chi connectivity index (χ0n) is 46.7. The van der Waals surface area contributed by atoms with Gasteiger partial charge in [0.1, 0.15) is 13.2 Å². The Morgan fingerprint density at radius 2 is 0.563 bits per heavy atom. The summed E-state index contributed by atoms with van der Waals surface area (Å²) in [6.45, 7) is 6.46. The normalized spacial score (nSPS) is 12.7. The van der Waals surface area contributed by atoms with E-state index in [-0.39, 0.29) is 37.5 Å². The highest BCUT2D eigenvalue weighted by atomic mass is 16.6. The van der Waals surface area contributed by atoms with Crippen molar-refractivity contribution in [1.82, 2.24) is 0 Å². The number of ether oxygens (including phenoxy) is 3. The smallest absolute Gasteiger partial charge is 0.306 e. The van der Waals surface area contributed by atoms with Crippen molar-refractivity contribution in [3.05, 3.63) is 85.1 Å². The molecule has 0 aliphatic carbocycles. The Kier molecular flexibility index (Phi) is 56.3. The quantitative estimate of drug-likeness (QED) is 0.0261. The highest BCUT2D eigenvalue weighted by Crippen LogP contribution is 2.16. The van der Waals surface area contributed by atoms with Crippen LogP contribution in [0.4, 0.5) is 0 Å². The molecule has 0 heterocycles. The Balaban J connectivity index is 4.23. The predicted molar refractivity (Wildman–Crippen MR) is 307 cm³/mol. The number of carbonyl (C=O) groups excluding carboxylic acids is 3. The summed E-state index contributed by atoms with van der Waals surface area (Å²) in [4.78, 5) is 38.0. The zero-order chi connectivity index (χ0) is 51.4. The van der Waals surface area contributed by atoms with Gasteiger partial charge in [0.15, 0.2) is 6.10 Å². The summed E-state index contributed by atoms with van der Waals surface area (Å²) >= 11 is 0. The third-order valence-electron chi connectivity index (χ3n) is 12.9. The van der Waals surface area contributed by atoms with Crippen LogP contribution in [0.5, 0.6) is 0 Å². The van der Waals surface area contributed by atoms with Crippen LogP contribution in [0.25, 0.3) is 0 Å². The van der Waals surface area contributed by atoms with Crippen molar-refractivity contribution in [2.45, 2.75) is 297 Å². The molecule has 0 radical (unpaired) electrons. The van der Waals surface area contributed by atoms with Gasteiger partial charge in [0, 0.05) is 19.3 Å². The van der Waals surface area contributed by atoms with E-state index < -0.39 is 6.10 Å². The third-order valence-corrected chi connectivity index (χ3v) is 12.9. The van der Waals surface area contributed by atoms with Gasteiger partial charge in [-0.25, -0.2) is 0 Å². The van der Waals surface area contributed by atoms with Crippen molar-refractivity contribution in [2.24, 2.45) is 0 Å². The van der Waals surface area contributed by atoms with E-state index in [4.69, 9.17) is 14.2 Å². The van der Waals surface area contributed by atoms with Crippen LogP contribution < -0.4 is 0 Å². The average molecular weight is 990 g/mol. The van der Waals surface area contributed by atoms with Crippen molar-refractivity contribution in [1.29, 1.82) is 0 Å². The molecule has 0 saturated heterocycles. The maximum Gasteiger partial charge on any atom is 0.306 e. The molecule has 0 N–H and O–H groups in total. The Bertz CT molecular complexity index is 1370. The molecule has 0 aliphatic heterocycles. The molecule has 1 unspecified atom stereocenters. The lowest BCUT2D eigenvalue weighted by Crippen LogP contribution is -2.30. The van der Waals surface area contributed by atoms with Crippen LogP contribution in [-0.2, 0) is 28.6 Å². The van der Waals surface area contributed by atoms with Gasteiger partial charge in [0.25, 0.3) is 0 Å². The Morgan fingerprint density at radius 1 is 0.296 bits per heavy atom. The standard InChI is InChI=1S/C65H112O6/c1-4-7-10-13-16-19-21-23-25-27-28-29-30-31-32-33-34-35-36-38-39-41-43-46-49-52-55-58-64(67)70-61-62(60-69-63(66)57-54-51-48-45-18-15-12-9-6-3)71-65(68)59-56-53-50-47-44-42-40-37-26-24-22-20-17-14-11-8-5-2/h8,11,17,20-21,23-24,26-28,40,42,47,50,62H,4-7,9-10,12-16,18-19,22,25,29-39,41,43-46,48-49,51-61H2,1-3H3/b11-8-,20-17-,23-21-,26-24-,28-27-,42-40-,50-47-. The number of allylic oxidation sites excluding steroid dienone is 14. The molecular formula is C65H112O6. The Labute approximate surface area is 439 Å². The molecule has 0 aromatic rings. The molecule has 1 atom stereocenters. The minimum atomic E-state index is -0.804. The van der Waals surface area contributed by atoms with Crippen molar-refractivity contribution in [2.75, 3.05) is 13.2 Å². The molecule has 0 aromatic heterocycles. The molecule has 6 nitrogen and oxygen atoms in total. The van der Waals surface area contributed by atoms with Crippen LogP contribution in [0.15, 0.2) is 85.1 Å². The number of unbranched alkanes of at least 4 members (excludes halogenated alkanes) is 29. The average Bonchev–Trinajstić information content (AvgIpc) is 3.37. The van der Waals surface area contributed by atoms with Crippen LogP contribution in [-0.4, -0.2) is 37.2 Å². The molecule has 0 rings (SSSR count). The summed E-state index contributed by atoms with van der Waals surface area (Å²) < 4.78 is 16.8. The van der Waals surface area contributed by atoms with Crippen molar-refractivity contribution < 1.29 is 28.6 Å². The van der Waals surface area contributed by atoms with E-state index in [0.29, 0.717) is 19.3 Å². The second-order valence-corrected chi connectivity index (χ2v) is 19.9. The summed E-state index contributed by atoms with van der Waals surface area (Å²) in [5.41, 5.74) is 0. The number of rotatable bonds is 54. The van der Waals surface area contributed by atoms with E-state index in [1.807, 2.05) is 0 Å². The first-order valence-corrected chi connectivity index (χ1v) is 30.1. The van der Waals surface area contributed by atoms with Crippen LogP contribution in [0.3, 0.4) is 0 Å². The molecule has 0 saturated carbocycles. The first-order chi connectivity index (χ1) is 35.0. The zero-order valence-corrected chi connectivity index (χ0v) is 46.7. The lowest BCUT2D eigenvalue weighted by Gasteiger charge is -2.18. The second-order valence-electron chi connectivity index (χ2n) is 19.9. The second kappa shape index (κ2) is 59.2. The van der Waals surface area contributed by atoms with Crippen molar-refractivity contribution in [3.8, 4) is 0 Å². The van der Waals surface area contributed by atoms with Gasteiger partial charge >= 0.3 is 17.9 Å². The minimum Gasteiger partial charge on any atom is -0.462 e. The highest BCUT2D eigenvalue weighted by molar-refractivity contribution is 5.71. The molecule has 6 heteroatoms. The fraction of sp³-hybridized carbons (Fsp3) is 0.738. The van der Waals surface area contributed by atoms with Gasteiger partial charge in [-0.15, -0.1) is 0 Å². The number of hydrogen-bond donors (Lipinski definition) is 0. The fourth-order valence-corrected chi connectivity index (χ4v) is 8.39. The van der Waals surface area contributed by atoms with Gasteiger partial charge in [0.05, 0.1) is 0 Å². The Hall–Kier alpha value is -3.41. The van der Waals surface area contributed by atoms with Crippen LogP contribution in [0, 0.1) is 0 Å². The topological polar surface area (TPSA) is 78.9 Å². The van der Waals surface area contributed by atoms with Gasteiger partial charge in [-0.05, 0) is 89.9 Å². The molecule has 0 spiro atoms. The maximum absolute atomic E-state index is 12.8. The van der Waals surface area contributed by atoms with Crippen LogP contribution in [0.1, 0.15) is 290 Å². The van der Waals surface area contributed by atoms with E-state index in [0.717, 1.165) is 83.5 Å². The van der Waals surface area contributed by atoms with Gasteiger partial charge in [-0.2, -0.15) is 0 Å². The summed E-state index contributed by atoms with van der Waals surface area (Å²) in [6.07, 6.45) is 77.5. The number of hydrogen-bond acceptors (Lipinski definition) is 6. The van der Waals surface area contributed by atoms with Crippen LogP contribution in [0.2, 0.25) is 0 Å². The monoisotopic (exact) mass is 989 g/mol. The molecule has 0 aromatic carbocycles.